The molecule has 0 aliphatic heterocycles. The summed E-state index contributed by atoms with van der Waals surface area (Å²) in [6.07, 6.45) is 0. The van der Waals surface area contributed by atoms with E-state index in [9.17, 15) is 9.18 Å². The van der Waals surface area contributed by atoms with E-state index in [0.717, 1.165) is 12.1 Å². The lowest BCUT2D eigenvalue weighted by Crippen LogP contribution is -1.99. The van der Waals surface area contributed by atoms with Crippen molar-refractivity contribution in [2.45, 2.75) is 0 Å². The zero-order chi connectivity index (χ0) is 11.4. The highest BCUT2D eigenvalue weighted by atomic mass is 19.1. The van der Waals surface area contributed by atoms with Gasteiger partial charge in [-0.3, -0.25) is 0 Å². The van der Waals surface area contributed by atoms with E-state index in [1.807, 2.05) is 0 Å². The monoisotopic (exact) mass is 211 g/mol. The molecule has 0 aliphatic rings. The van der Waals surface area contributed by atoms with E-state index in [1.54, 1.807) is 0 Å². The summed E-state index contributed by atoms with van der Waals surface area (Å²) in [5, 5.41) is 11.8. The molecule has 0 amide bonds. The first-order valence-corrected chi connectivity index (χ1v) is 3.76. The molecular formula is C8H6FN3O3. The third-order valence-corrected chi connectivity index (χ3v) is 1.65. The van der Waals surface area contributed by atoms with Crippen molar-refractivity contribution in [3.63, 3.8) is 0 Å². The van der Waals surface area contributed by atoms with E-state index in [1.165, 1.54) is 7.11 Å². The molecule has 6 nitrogen and oxygen atoms in total. The molecular weight excluding hydrogens is 205 g/mol. The van der Waals surface area contributed by atoms with Gasteiger partial charge in [0.15, 0.2) is 11.6 Å². The maximum absolute atomic E-state index is 13.1. The fourth-order valence-corrected chi connectivity index (χ4v) is 1.00. The number of benzene rings is 1. The molecule has 0 aromatic heterocycles. The van der Waals surface area contributed by atoms with Crippen LogP contribution in [0.5, 0.6) is 5.75 Å². The van der Waals surface area contributed by atoms with Gasteiger partial charge in [-0.15, -0.1) is 0 Å². The van der Waals surface area contributed by atoms with Gasteiger partial charge in [0.05, 0.1) is 18.4 Å². The molecule has 0 radical (unpaired) electrons. The molecule has 0 heterocycles. The quantitative estimate of drug-likeness (QED) is 0.472. The van der Waals surface area contributed by atoms with Crippen LogP contribution in [0.15, 0.2) is 17.2 Å². The topological polar surface area (TPSA) is 95.3 Å². The van der Waals surface area contributed by atoms with Crippen molar-refractivity contribution < 1.29 is 19.0 Å². The molecule has 0 aliphatic carbocycles. The van der Waals surface area contributed by atoms with Gasteiger partial charge in [0.1, 0.15) is 0 Å². The Hall–Kier alpha value is -2.27. The number of hydrogen-bond acceptors (Lipinski definition) is 3. The lowest BCUT2D eigenvalue weighted by atomic mass is 10.1. The second kappa shape index (κ2) is 4.30. The van der Waals surface area contributed by atoms with E-state index in [2.05, 4.69) is 14.8 Å². The molecule has 1 N–H and O–H groups in total. The van der Waals surface area contributed by atoms with Crippen molar-refractivity contribution in [1.29, 1.82) is 0 Å². The first-order chi connectivity index (χ1) is 7.10. The number of methoxy groups -OCH3 is 1. The summed E-state index contributed by atoms with van der Waals surface area (Å²) < 4.78 is 17.7. The number of nitrogens with zero attached hydrogens (tertiary/aromatic N) is 3. The minimum Gasteiger partial charge on any atom is -0.494 e. The van der Waals surface area contributed by atoms with Gasteiger partial charge in [0, 0.05) is 4.91 Å². The summed E-state index contributed by atoms with van der Waals surface area (Å²) in [4.78, 5) is 13.1. The maximum Gasteiger partial charge on any atom is 0.336 e. The zero-order valence-electron chi connectivity index (χ0n) is 7.64. The van der Waals surface area contributed by atoms with Crippen molar-refractivity contribution in [2.24, 2.45) is 5.11 Å². The van der Waals surface area contributed by atoms with E-state index in [0.29, 0.717) is 0 Å². The highest BCUT2D eigenvalue weighted by molar-refractivity contribution is 5.93. The summed E-state index contributed by atoms with van der Waals surface area (Å²) in [5.41, 5.74) is 7.55. The van der Waals surface area contributed by atoms with Crippen LogP contribution in [-0.4, -0.2) is 18.2 Å². The molecule has 0 spiro atoms. The molecule has 0 saturated carbocycles. The smallest absolute Gasteiger partial charge is 0.336 e. The van der Waals surface area contributed by atoms with Gasteiger partial charge in [0.2, 0.25) is 0 Å². The molecule has 0 fully saturated rings. The Kier molecular flexibility index (Phi) is 3.10. The van der Waals surface area contributed by atoms with Gasteiger partial charge >= 0.3 is 5.97 Å². The van der Waals surface area contributed by atoms with Gasteiger partial charge < -0.3 is 9.84 Å². The summed E-state index contributed by atoms with van der Waals surface area (Å²) >= 11 is 0. The summed E-state index contributed by atoms with van der Waals surface area (Å²) in [6.45, 7) is 0. The van der Waals surface area contributed by atoms with Crippen LogP contribution >= 0.6 is 0 Å². The minimum absolute atomic E-state index is 0.218. The number of ether oxygens (including phenoxy) is 1. The Morgan fingerprint density at radius 1 is 1.67 bits per heavy atom. The summed E-state index contributed by atoms with van der Waals surface area (Å²) in [6, 6.07) is 1.77. The number of azide groups is 1. The van der Waals surface area contributed by atoms with Crippen LogP contribution in [0.2, 0.25) is 0 Å². The Morgan fingerprint density at radius 2 is 2.33 bits per heavy atom. The summed E-state index contributed by atoms with van der Waals surface area (Å²) in [5.74, 6) is -2.33. The number of carbonyl (C=O) groups is 1. The van der Waals surface area contributed by atoms with Crippen LogP contribution in [0.1, 0.15) is 10.4 Å². The van der Waals surface area contributed by atoms with Crippen LogP contribution in [-0.2, 0) is 0 Å². The van der Waals surface area contributed by atoms with Crippen LogP contribution in [0.3, 0.4) is 0 Å². The molecule has 0 atom stereocenters. The molecule has 15 heavy (non-hydrogen) atoms. The predicted octanol–water partition coefficient (Wildman–Crippen LogP) is 2.47. The lowest BCUT2D eigenvalue weighted by Gasteiger charge is -2.05. The first kappa shape index (κ1) is 10.8. The van der Waals surface area contributed by atoms with Gasteiger partial charge in [0.25, 0.3) is 0 Å². The Balaban J connectivity index is 3.44. The standard InChI is InChI=1S/C8H6FN3O3/c1-15-7-2-4(8(13)14)6(11-12-10)3-5(7)9/h2-3H,1H3,(H,13,14). The molecule has 0 unspecified atom stereocenters. The molecule has 0 saturated heterocycles. The van der Waals surface area contributed by atoms with Crippen molar-refractivity contribution in [1.82, 2.24) is 0 Å². The average molecular weight is 211 g/mol. The number of hydrogen-bond donors (Lipinski definition) is 1. The Morgan fingerprint density at radius 3 is 2.80 bits per heavy atom. The second-order valence-electron chi connectivity index (χ2n) is 2.50. The van der Waals surface area contributed by atoms with E-state index >= 15 is 0 Å². The van der Waals surface area contributed by atoms with Crippen LogP contribution in [0.25, 0.3) is 10.4 Å². The average Bonchev–Trinajstić information content (AvgIpc) is 2.18. The Labute approximate surface area is 83.5 Å². The number of halogens is 1. The van der Waals surface area contributed by atoms with E-state index in [4.69, 9.17) is 10.6 Å². The minimum atomic E-state index is -1.32. The molecule has 1 aromatic rings. The number of aromatic carboxylic acids is 1. The largest absolute Gasteiger partial charge is 0.494 e. The fraction of sp³-hybridized carbons (Fsp3) is 0.125. The third kappa shape index (κ3) is 2.15. The number of carboxylic acid groups (broad SMARTS) is 1. The van der Waals surface area contributed by atoms with E-state index in [-0.39, 0.29) is 17.0 Å². The highest BCUT2D eigenvalue weighted by Gasteiger charge is 2.14. The molecule has 78 valence electrons. The third-order valence-electron chi connectivity index (χ3n) is 1.65. The van der Waals surface area contributed by atoms with Crippen molar-refractivity contribution in [3.05, 3.63) is 34.0 Å². The molecule has 7 heteroatoms. The van der Waals surface area contributed by atoms with Gasteiger partial charge in [-0.25, -0.2) is 9.18 Å². The number of rotatable bonds is 3. The molecule has 0 bridgehead atoms. The van der Waals surface area contributed by atoms with Crippen molar-refractivity contribution in [3.8, 4) is 5.75 Å². The van der Waals surface area contributed by atoms with Crippen LogP contribution < -0.4 is 4.74 Å². The lowest BCUT2D eigenvalue weighted by molar-refractivity contribution is 0.0697. The molecule has 1 aromatic carbocycles. The van der Waals surface area contributed by atoms with Gasteiger partial charge in [-0.1, -0.05) is 5.11 Å². The zero-order valence-corrected chi connectivity index (χ0v) is 7.64. The van der Waals surface area contributed by atoms with E-state index < -0.39 is 11.8 Å². The summed E-state index contributed by atoms with van der Waals surface area (Å²) in [7, 11) is 1.21. The Bertz CT molecular complexity index is 455. The fourth-order valence-electron chi connectivity index (χ4n) is 1.00. The first-order valence-electron chi connectivity index (χ1n) is 3.76. The molecule has 1 rings (SSSR count). The number of carboxylic acids is 1. The normalized spacial score (nSPS) is 9.20. The van der Waals surface area contributed by atoms with Crippen LogP contribution in [0, 0.1) is 5.82 Å². The van der Waals surface area contributed by atoms with Gasteiger partial charge in [-0.2, -0.15) is 0 Å². The van der Waals surface area contributed by atoms with Crippen LogP contribution in [0.4, 0.5) is 10.1 Å². The predicted molar refractivity (Wildman–Crippen MR) is 48.7 cm³/mol. The highest BCUT2D eigenvalue weighted by Crippen LogP contribution is 2.28. The SMILES string of the molecule is COc1cc(C(=O)O)c(N=[N+]=[N-])cc1F. The van der Waals surface area contributed by atoms with Crippen molar-refractivity contribution >= 4 is 11.7 Å². The van der Waals surface area contributed by atoms with Gasteiger partial charge in [-0.05, 0) is 17.7 Å². The van der Waals surface area contributed by atoms with Crippen molar-refractivity contribution in [2.75, 3.05) is 7.11 Å². The maximum atomic E-state index is 13.1. The second-order valence-corrected chi connectivity index (χ2v) is 2.50.